The largest absolute Gasteiger partial charge is 0.476 e. The summed E-state index contributed by atoms with van der Waals surface area (Å²) in [7, 11) is -2.21. The number of fused-ring (bicyclic) bond motifs is 1. The molecule has 0 saturated carbocycles. The Kier molecular flexibility index (Phi) is 13.3. The molecular formula is C64H57N2O7P. The Morgan fingerprint density at radius 2 is 1.05 bits per heavy atom. The molecule has 8 aromatic rings. The van der Waals surface area contributed by atoms with Crippen LogP contribution < -0.4 is 5.32 Å². The Hall–Kier alpha value is -7.20. The van der Waals surface area contributed by atoms with Gasteiger partial charge in [-0.15, -0.1) is 0 Å². The summed E-state index contributed by atoms with van der Waals surface area (Å²) in [5.41, 5.74) is 8.32. The van der Waals surface area contributed by atoms with Crippen molar-refractivity contribution in [2.45, 2.75) is 68.2 Å². The van der Waals surface area contributed by atoms with Crippen LogP contribution in [0.1, 0.15) is 70.4 Å². The molecule has 74 heavy (non-hydrogen) atoms. The molecule has 370 valence electrons. The third-order valence-electron chi connectivity index (χ3n) is 14.4. The van der Waals surface area contributed by atoms with Crippen LogP contribution in [0.3, 0.4) is 0 Å². The smallest absolute Gasteiger partial charge is 0.335 e. The summed E-state index contributed by atoms with van der Waals surface area (Å²) in [6.07, 6.45) is -0.908. The van der Waals surface area contributed by atoms with Gasteiger partial charge in [0.2, 0.25) is 5.90 Å². The van der Waals surface area contributed by atoms with E-state index in [1.165, 1.54) is 0 Å². The van der Waals surface area contributed by atoms with Crippen LogP contribution in [-0.2, 0) is 56.7 Å². The molecule has 0 amide bonds. The molecule has 12 rings (SSSR count). The molecule has 0 spiro atoms. The van der Waals surface area contributed by atoms with Crippen LogP contribution in [0.5, 0.6) is 0 Å². The second kappa shape index (κ2) is 20.6. The van der Waals surface area contributed by atoms with Crippen molar-refractivity contribution in [1.82, 2.24) is 5.32 Å². The lowest BCUT2D eigenvalue weighted by Crippen LogP contribution is -2.53. The Morgan fingerprint density at radius 3 is 1.61 bits per heavy atom. The summed E-state index contributed by atoms with van der Waals surface area (Å²) in [4.78, 5) is 5.15. The number of aliphatic imine (C=N–C) groups is 1. The quantitative estimate of drug-likeness (QED) is 0.114. The van der Waals surface area contributed by atoms with E-state index in [9.17, 15) is 0 Å². The van der Waals surface area contributed by atoms with Crippen molar-refractivity contribution >= 4 is 14.5 Å². The summed E-state index contributed by atoms with van der Waals surface area (Å²) >= 11 is 0. The van der Waals surface area contributed by atoms with Gasteiger partial charge >= 0.3 is 8.60 Å². The molecule has 10 heteroatoms. The van der Waals surface area contributed by atoms with E-state index in [1.807, 2.05) is 117 Å². The SMILES string of the molecule is CC1(C)O[C@@H]2[C@@H](O1)C(c1ccccc1)(c1ccccc1)OP(OCc1ccccc1-c1cccc(C/C(C3=N[C@H](c4ccccc4)CO3)=C3/N[C@H](c4ccccc4)CO3)c1)OC2(c1ccccc1)c1ccccc1. The lowest BCUT2D eigenvalue weighted by atomic mass is 9.72. The molecule has 3 fully saturated rings. The van der Waals surface area contributed by atoms with Gasteiger partial charge < -0.3 is 28.8 Å². The van der Waals surface area contributed by atoms with Crippen LogP contribution in [0.2, 0.25) is 0 Å². The molecule has 4 aliphatic heterocycles. The van der Waals surface area contributed by atoms with Gasteiger partial charge in [0.15, 0.2) is 22.9 Å². The van der Waals surface area contributed by atoms with E-state index in [4.69, 9.17) is 37.5 Å². The maximum Gasteiger partial charge on any atom is 0.335 e. The van der Waals surface area contributed by atoms with Gasteiger partial charge in [-0.05, 0) is 69.5 Å². The maximum atomic E-state index is 7.65. The third kappa shape index (κ3) is 9.26. The van der Waals surface area contributed by atoms with Crippen LogP contribution in [0, 0.1) is 0 Å². The van der Waals surface area contributed by atoms with Crippen LogP contribution >= 0.6 is 8.60 Å². The summed E-state index contributed by atoms with van der Waals surface area (Å²) in [6, 6.07) is 78.7. The zero-order valence-corrected chi connectivity index (χ0v) is 42.2. The lowest BCUT2D eigenvalue weighted by Gasteiger charge is -2.41. The topological polar surface area (TPSA) is 89.0 Å². The van der Waals surface area contributed by atoms with Crippen molar-refractivity contribution < 1.29 is 32.5 Å². The third-order valence-corrected chi connectivity index (χ3v) is 15.6. The highest BCUT2D eigenvalue weighted by atomic mass is 31.2. The fraction of sp³-hybridized carbons (Fsp3) is 0.203. The predicted octanol–water partition coefficient (Wildman–Crippen LogP) is 13.8. The van der Waals surface area contributed by atoms with Crippen LogP contribution in [0.4, 0.5) is 0 Å². The average Bonchev–Trinajstić information content (AvgIpc) is 4.24. The minimum Gasteiger partial charge on any atom is -0.476 e. The molecular weight excluding hydrogens is 940 g/mol. The van der Waals surface area contributed by atoms with Gasteiger partial charge in [-0.1, -0.05) is 231 Å². The van der Waals surface area contributed by atoms with Crippen molar-refractivity contribution in [3.63, 3.8) is 0 Å². The normalized spacial score (nSPS) is 22.3. The van der Waals surface area contributed by atoms with Crippen LogP contribution in [0.25, 0.3) is 11.1 Å². The Morgan fingerprint density at radius 1 is 0.554 bits per heavy atom. The summed E-state index contributed by atoms with van der Waals surface area (Å²) in [5.74, 6) is 0.265. The molecule has 0 bridgehead atoms. The van der Waals surface area contributed by atoms with Crippen LogP contribution in [-0.4, -0.2) is 37.1 Å². The van der Waals surface area contributed by atoms with E-state index in [2.05, 4.69) is 133 Å². The molecule has 4 aliphatic rings. The Bertz CT molecular complexity index is 3070. The molecule has 0 aromatic heterocycles. The maximum absolute atomic E-state index is 7.65. The molecule has 0 aliphatic carbocycles. The van der Waals surface area contributed by atoms with Gasteiger partial charge in [0.05, 0.1) is 18.2 Å². The van der Waals surface area contributed by atoms with Gasteiger partial charge in [0.1, 0.15) is 31.5 Å². The average molecular weight is 997 g/mol. The van der Waals surface area contributed by atoms with Crippen molar-refractivity contribution in [2.24, 2.45) is 4.99 Å². The molecule has 1 N–H and O–H groups in total. The summed E-state index contributed by atoms with van der Waals surface area (Å²) in [5, 5.41) is 3.68. The zero-order chi connectivity index (χ0) is 50.0. The number of ether oxygens (including phenoxy) is 4. The molecule has 8 aromatic carbocycles. The van der Waals surface area contributed by atoms with Gasteiger partial charge in [-0.25, -0.2) is 4.99 Å². The van der Waals surface area contributed by atoms with Crippen molar-refractivity contribution in [3.8, 4) is 11.1 Å². The zero-order valence-electron chi connectivity index (χ0n) is 41.3. The molecule has 4 atom stereocenters. The number of hydrogen-bond acceptors (Lipinski definition) is 9. The molecule has 0 unspecified atom stereocenters. The van der Waals surface area contributed by atoms with Gasteiger partial charge in [0, 0.05) is 6.42 Å². The minimum absolute atomic E-state index is 0.00278. The van der Waals surface area contributed by atoms with E-state index >= 15 is 0 Å². The van der Waals surface area contributed by atoms with E-state index in [0.29, 0.717) is 31.4 Å². The fourth-order valence-electron chi connectivity index (χ4n) is 10.9. The van der Waals surface area contributed by atoms with Crippen molar-refractivity contribution in [2.75, 3.05) is 13.2 Å². The lowest BCUT2D eigenvalue weighted by molar-refractivity contribution is -0.176. The first-order valence-corrected chi connectivity index (χ1v) is 26.5. The van der Waals surface area contributed by atoms with E-state index in [0.717, 1.165) is 61.2 Å². The van der Waals surface area contributed by atoms with Crippen molar-refractivity contribution in [1.29, 1.82) is 0 Å². The fourth-order valence-corrected chi connectivity index (χ4v) is 12.4. The Labute approximate surface area is 434 Å². The summed E-state index contributed by atoms with van der Waals surface area (Å²) < 4.78 is 49.8. The second-order valence-electron chi connectivity index (χ2n) is 19.5. The monoisotopic (exact) mass is 996 g/mol. The van der Waals surface area contributed by atoms with E-state index in [-0.39, 0.29) is 18.7 Å². The van der Waals surface area contributed by atoms with Gasteiger partial charge in [-0.2, -0.15) is 0 Å². The number of nitrogens with one attached hydrogen (secondary N) is 1. The first kappa shape index (κ1) is 47.8. The first-order valence-electron chi connectivity index (χ1n) is 25.4. The van der Waals surface area contributed by atoms with E-state index < -0.39 is 37.8 Å². The van der Waals surface area contributed by atoms with Gasteiger partial charge in [-0.3, -0.25) is 9.05 Å². The highest BCUT2D eigenvalue weighted by Gasteiger charge is 2.67. The minimum atomic E-state index is -2.21. The first-order chi connectivity index (χ1) is 36.4. The molecule has 3 saturated heterocycles. The standard InChI is InChI=1S/C64H57N2O7P/c1-62(2)70-58-59(71-62)64(52-35-17-7-18-36-52,53-37-19-8-20-38-53)73-74(72-63(58,50-31-13-5-14-32-50)51-33-15-6-16-34-51)69-42-49-29-21-22-39-54(49)48-30-23-24-45(40-48)41-55(60-65-56(43-67-60)46-25-9-3-10-26-46)61-66-57(44-68-61)47-27-11-4-12-28-47/h3-40,56-59,65H,41-44H2,1-2H3/b60-55+/t56-,57-,58+,59+/m0/s1. The highest BCUT2D eigenvalue weighted by molar-refractivity contribution is 7.41. The number of hydrogen-bond donors (Lipinski definition) is 1. The molecule has 9 nitrogen and oxygen atoms in total. The number of rotatable bonds is 13. The highest BCUT2D eigenvalue weighted by Crippen LogP contribution is 2.65. The summed E-state index contributed by atoms with van der Waals surface area (Å²) in [6.45, 7) is 5.05. The van der Waals surface area contributed by atoms with Crippen LogP contribution in [0.15, 0.2) is 247 Å². The second-order valence-corrected chi connectivity index (χ2v) is 20.6. The molecule has 0 radical (unpaired) electrons. The van der Waals surface area contributed by atoms with Gasteiger partial charge in [0.25, 0.3) is 0 Å². The number of nitrogens with zero attached hydrogens (tertiary/aromatic N) is 1. The Balaban J connectivity index is 0.917. The predicted molar refractivity (Wildman–Crippen MR) is 288 cm³/mol. The van der Waals surface area contributed by atoms with E-state index in [1.54, 1.807) is 0 Å². The van der Waals surface area contributed by atoms with Crippen molar-refractivity contribution in [3.05, 3.63) is 286 Å². The number of benzene rings is 8. The molecule has 4 heterocycles.